The molecule has 144 valence electrons. The van der Waals surface area contributed by atoms with Gasteiger partial charge in [-0.25, -0.2) is 4.39 Å². The van der Waals surface area contributed by atoms with Gasteiger partial charge in [-0.15, -0.1) is 12.4 Å². The molecule has 2 heterocycles. The molecule has 0 aliphatic carbocycles. The summed E-state index contributed by atoms with van der Waals surface area (Å²) in [5.74, 6) is -1.29. The minimum Gasteiger partial charge on any atom is -0.378 e. The standard InChI is InChI=1S/C18H24FN3O3.ClH/c19-12-2-3-14-15(11-17(23)21-16(14)10-12)18(24)22-7-4-13(5-8-22)25-9-1-6-20;/h2-3,10,13,15H,1,4-9,11,20H2,(H,21,23);1H. The zero-order valence-corrected chi connectivity index (χ0v) is 15.4. The van der Waals surface area contributed by atoms with Crippen LogP contribution in [-0.2, 0) is 14.3 Å². The smallest absolute Gasteiger partial charge is 0.230 e. The van der Waals surface area contributed by atoms with Crippen LogP contribution in [0, 0.1) is 5.82 Å². The van der Waals surface area contributed by atoms with Crippen LogP contribution in [0.4, 0.5) is 10.1 Å². The summed E-state index contributed by atoms with van der Waals surface area (Å²) < 4.78 is 19.2. The fourth-order valence-corrected chi connectivity index (χ4v) is 3.45. The lowest BCUT2D eigenvalue weighted by Crippen LogP contribution is -2.44. The number of hydrogen-bond acceptors (Lipinski definition) is 4. The first-order valence-electron chi connectivity index (χ1n) is 8.78. The molecule has 0 bridgehead atoms. The normalized spacial score (nSPS) is 20.2. The monoisotopic (exact) mass is 385 g/mol. The van der Waals surface area contributed by atoms with Gasteiger partial charge in [-0.3, -0.25) is 9.59 Å². The molecule has 0 saturated carbocycles. The third-order valence-electron chi connectivity index (χ3n) is 4.81. The quantitative estimate of drug-likeness (QED) is 0.759. The van der Waals surface area contributed by atoms with E-state index in [0.29, 0.717) is 37.5 Å². The van der Waals surface area contributed by atoms with E-state index in [9.17, 15) is 14.0 Å². The van der Waals surface area contributed by atoms with Gasteiger partial charge in [0, 0.05) is 31.8 Å². The van der Waals surface area contributed by atoms with E-state index >= 15 is 0 Å². The minimum absolute atomic E-state index is 0. The van der Waals surface area contributed by atoms with Crippen LogP contribution in [0.2, 0.25) is 0 Å². The van der Waals surface area contributed by atoms with Crippen LogP contribution in [0.15, 0.2) is 18.2 Å². The van der Waals surface area contributed by atoms with Gasteiger partial charge >= 0.3 is 0 Å². The average molecular weight is 386 g/mol. The number of benzene rings is 1. The maximum Gasteiger partial charge on any atom is 0.230 e. The van der Waals surface area contributed by atoms with Gasteiger partial charge in [0.2, 0.25) is 11.8 Å². The highest BCUT2D eigenvalue weighted by Gasteiger charge is 2.35. The van der Waals surface area contributed by atoms with Gasteiger partial charge in [0.05, 0.1) is 12.0 Å². The van der Waals surface area contributed by atoms with Crippen LogP contribution in [0.3, 0.4) is 0 Å². The van der Waals surface area contributed by atoms with Crippen molar-refractivity contribution in [3.63, 3.8) is 0 Å². The van der Waals surface area contributed by atoms with Crippen molar-refractivity contribution in [2.45, 2.75) is 37.7 Å². The summed E-state index contributed by atoms with van der Waals surface area (Å²) in [5, 5.41) is 2.64. The third-order valence-corrected chi connectivity index (χ3v) is 4.81. The lowest BCUT2D eigenvalue weighted by molar-refractivity contribution is -0.137. The summed E-state index contributed by atoms with van der Waals surface area (Å²) in [5.41, 5.74) is 6.54. The number of ether oxygens (including phenoxy) is 1. The van der Waals surface area contributed by atoms with Crippen molar-refractivity contribution in [1.82, 2.24) is 4.90 Å². The van der Waals surface area contributed by atoms with E-state index in [1.54, 1.807) is 11.0 Å². The number of carbonyl (C=O) groups excluding carboxylic acids is 2. The zero-order valence-electron chi connectivity index (χ0n) is 14.6. The second kappa shape index (κ2) is 9.30. The fourth-order valence-electron chi connectivity index (χ4n) is 3.45. The molecule has 0 aromatic heterocycles. The van der Waals surface area contributed by atoms with Crippen molar-refractivity contribution >= 4 is 29.9 Å². The molecule has 1 unspecified atom stereocenters. The minimum atomic E-state index is -0.543. The second-order valence-corrected chi connectivity index (χ2v) is 6.57. The van der Waals surface area contributed by atoms with E-state index < -0.39 is 11.7 Å². The van der Waals surface area contributed by atoms with Crippen molar-refractivity contribution in [2.24, 2.45) is 5.73 Å². The lowest BCUT2D eigenvalue weighted by Gasteiger charge is -2.35. The third kappa shape index (κ3) is 4.72. The Labute approximate surface area is 158 Å². The Bertz CT molecular complexity index is 651. The number of anilines is 1. The molecule has 2 amide bonds. The van der Waals surface area contributed by atoms with Crippen molar-refractivity contribution in [3.05, 3.63) is 29.6 Å². The van der Waals surface area contributed by atoms with Crippen molar-refractivity contribution in [2.75, 3.05) is 31.6 Å². The van der Waals surface area contributed by atoms with Gasteiger partial charge in [0.25, 0.3) is 0 Å². The Kier molecular flexibility index (Phi) is 7.37. The van der Waals surface area contributed by atoms with Gasteiger partial charge < -0.3 is 20.7 Å². The Balaban J connectivity index is 0.00000243. The fraction of sp³-hybridized carbons (Fsp3) is 0.556. The topological polar surface area (TPSA) is 84.7 Å². The predicted octanol–water partition coefficient (Wildman–Crippen LogP) is 2.03. The van der Waals surface area contributed by atoms with E-state index in [1.165, 1.54) is 12.1 Å². The maximum atomic E-state index is 13.4. The summed E-state index contributed by atoms with van der Waals surface area (Å²) >= 11 is 0. The van der Waals surface area contributed by atoms with E-state index in [2.05, 4.69) is 5.32 Å². The number of hydrogen-bond donors (Lipinski definition) is 2. The molecule has 26 heavy (non-hydrogen) atoms. The Morgan fingerprint density at radius 2 is 2.08 bits per heavy atom. The zero-order chi connectivity index (χ0) is 17.8. The number of nitrogens with zero attached hydrogens (tertiary/aromatic N) is 1. The summed E-state index contributed by atoms with van der Waals surface area (Å²) in [6.45, 7) is 2.49. The number of fused-ring (bicyclic) bond motifs is 1. The van der Waals surface area contributed by atoms with Crippen molar-refractivity contribution in [3.8, 4) is 0 Å². The largest absolute Gasteiger partial charge is 0.378 e. The van der Waals surface area contributed by atoms with E-state index in [4.69, 9.17) is 10.5 Å². The Hall–Kier alpha value is -1.70. The molecule has 1 fully saturated rings. The Morgan fingerprint density at radius 3 is 2.77 bits per heavy atom. The van der Waals surface area contributed by atoms with E-state index in [-0.39, 0.29) is 36.7 Å². The summed E-state index contributed by atoms with van der Waals surface area (Å²) in [6, 6.07) is 4.19. The first-order chi connectivity index (χ1) is 12.1. The number of amides is 2. The molecule has 1 saturated heterocycles. The molecule has 1 aromatic carbocycles. The summed E-state index contributed by atoms with van der Waals surface area (Å²) in [4.78, 5) is 26.6. The van der Waals surface area contributed by atoms with Gasteiger partial charge in [0.1, 0.15) is 5.82 Å². The molecular formula is C18H25ClFN3O3. The van der Waals surface area contributed by atoms with Crippen LogP contribution >= 0.6 is 12.4 Å². The Morgan fingerprint density at radius 1 is 1.35 bits per heavy atom. The molecule has 0 radical (unpaired) electrons. The number of carbonyl (C=O) groups is 2. The number of rotatable bonds is 5. The van der Waals surface area contributed by atoms with Gasteiger partial charge in [-0.05, 0) is 43.5 Å². The van der Waals surface area contributed by atoms with E-state index in [1.807, 2.05) is 0 Å². The SMILES string of the molecule is Cl.NCCCOC1CCN(C(=O)C2CC(=O)Nc3cc(F)ccc32)CC1. The molecule has 6 nitrogen and oxygen atoms in total. The van der Waals surface area contributed by atoms with Gasteiger partial charge in [0.15, 0.2) is 0 Å². The van der Waals surface area contributed by atoms with Crippen LogP contribution in [0.25, 0.3) is 0 Å². The molecule has 1 atom stereocenters. The maximum absolute atomic E-state index is 13.4. The molecule has 1 aromatic rings. The van der Waals surface area contributed by atoms with Crippen molar-refractivity contribution in [1.29, 1.82) is 0 Å². The van der Waals surface area contributed by atoms with Crippen molar-refractivity contribution < 1.29 is 18.7 Å². The van der Waals surface area contributed by atoms with Gasteiger partial charge in [-0.1, -0.05) is 6.07 Å². The molecule has 3 N–H and O–H groups in total. The first-order valence-corrected chi connectivity index (χ1v) is 8.78. The van der Waals surface area contributed by atoms with Crippen LogP contribution < -0.4 is 11.1 Å². The van der Waals surface area contributed by atoms with Crippen LogP contribution in [0.1, 0.15) is 37.2 Å². The number of piperidine rings is 1. The highest BCUT2D eigenvalue weighted by Crippen LogP contribution is 2.34. The second-order valence-electron chi connectivity index (χ2n) is 6.57. The van der Waals surface area contributed by atoms with Crippen LogP contribution in [0.5, 0.6) is 0 Å². The molecular weight excluding hydrogens is 361 g/mol. The van der Waals surface area contributed by atoms with Gasteiger partial charge in [-0.2, -0.15) is 0 Å². The highest BCUT2D eigenvalue weighted by molar-refractivity contribution is 6.01. The molecule has 3 rings (SSSR count). The molecule has 8 heteroatoms. The first kappa shape index (κ1) is 20.6. The number of nitrogens with two attached hydrogens (primary N) is 1. The highest BCUT2D eigenvalue weighted by atomic mass is 35.5. The number of likely N-dealkylation sites (tertiary alicyclic amines) is 1. The number of halogens is 2. The predicted molar refractivity (Wildman–Crippen MR) is 98.9 cm³/mol. The summed E-state index contributed by atoms with van der Waals surface area (Å²) in [6.07, 6.45) is 2.66. The molecule has 2 aliphatic rings. The molecule has 2 aliphatic heterocycles. The number of nitrogens with one attached hydrogen (secondary N) is 1. The van der Waals surface area contributed by atoms with Crippen LogP contribution in [-0.4, -0.2) is 49.1 Å². The average Bonchev–Trinajstić information content (AvgIpc) is 2.61. The lowest BCUT2D eigenvalue weighted by atomic mass is 9.88. The van der Waals surface area contributed by atoms with E-state index in [0.717, 1.165) is 19.3 Å². The molecule has 0 spiro atoms. The summed E-state index contributed by atoms with van der Waals surface area (Å²) in [7, 11) is 0.